The summed E-state index contributed by atoms with van der Waals surface area (Å²) in [7, 11) is 0. The molecule has 1 aromatic heterocycles. The Hall–Kier alpha value is -0.0500. The summed E-state index contributed by atoms with van der Waals surface area (Å²) in [6, 6.07) is 0. The van der Waals surface area contributed by atoms with Gasteiger partial charge in [0.05, 0.1) is 16.0 Å². The van der Waals surface area contributed by atoms with Gasteiger partial charge in [-0.15, -0.1) is 11.3 Å². The van der Waals surface area contributed by atoms with E-state index in [-0.39, 0.29) is 5.41 Å². The number of aryl methyl sites for hydroxylation is 1. The molecule has 0 aliphatic heterocycles. The molecule has 0 saturated carbocycles. The summed E-state index contributed by atoms with van der Waals surface area (Å²) in [5.74, 6) is 0. The molecule has 1 N–H and O–H groups in total. The van der Waals surface area contributed by atoms with Gasteiger partial charge in [-0.25, -0.2) is 0 Å². The van der Waals surface area contributed by atoms with Crippen molar-refractivity contribution in [1.82, 2.24) is 0 Å². The second-order valence-electron chi connectivity index (χ2n) is 5.21. The molecule has 86 valence electrons. The number of thiophene rings is 1. The molecule has 1 atom stereocenters. The molecule has 1 nitrogen and oxygen atoms in total. The molecule has 0 fully saturated rings. The maximum Gasteiger partial charge on any atom is 0.0897 e. The van der Waals surface area contributed by atoms with E-state index in [2.05, 4.69) is 20.8 Å². The molecular formula is C12H19ClOS. The average molecular weight is 247 g/mol. The van der Waals surface area contributed by atoms with E-state index in [1.807, 2.05) is 12.3 Å². The topological polar surface area (TPSA) is 20.2 Å². The van der Waals surface area contributed by atoms with E-state index in [1.165, 1.54) is 0 Å². The first-order chi connectivity index (χ1) is 6.81. The number of rotatable bonds is 3. The smallest absolute Gasteiger partial charge is 0.0897 e. The molecule has 1 heterocycles. The van der Waals surface area contributed by atoms with Gasteiger partial charge < -0.3 is 5.11 Å². The van der Waals surface area contributed by atoms with Gasteiger partial charge in [0.2, 0.25) is 0 Å². The van der Waals surface area contributed by atoms with E-state index >= 15 is 0 Å². The lowest BCUT2D eigenvalue weighted by Crippen LogP contribution is -2.07. The largest absolute Gasteiger partial charge is 0.388 e. The van der Waals surface area contributed by atoms with E-state index in [0.717, 1.165) is 28.3 Å². The molecule has 15 heavy (non-hydrogen) atoms. The highest BCUT2D eigenvalue weighted by Crippen LogP contribution is 2.36. The lowest BCUT2D eigenvalue weighted by Gasteiger charge is -2.20. The van der Waals surface area contributed by atoms with Crippen LogP contribution in [0, 0.1) is 12.3 Å². The van der Waals surface area contributed by atoms with Crippen molar-refractivity contribution >= 4 is 22.9 Å². The molecule has 1 aromatic rings. The zero-order chi connectivity index (χ0) is 11.6. The standard InChI is InChI=1S/C12H19ClOS/c1-8-7-15-11(10(8)13)9(14)5-6-12(2,3)4/h7,9,14H,5-6H2,1-4H3. The second-order valence-corrected chi connectivity index (χ2v) is 6.50. The van der Waals surface area contributed by atoms with Gasteiger partial charge in [-0.3, -0.25) is 0 Å². The zero-order valence-electron chi connectivity index (χ0n) is 9.80. The monoisotopic (exact) mass is 246 g/mol. The molecule has 3 heteroatoms. The van der Waals surface area contributed by atoms with Crippen LogP contribution in [0.5, 0.6) is 0 Å². The van der Waals surface area contributed by atoms with Gasteiger partial charge in [0, 0.05) is 0 Å². The van der Waals surface area contributed by atoms with Crippen LogP contribution in [0.3, 0.4) is 0 Å². The minimum atomic E-state index is -0.407. The van der Waals surface area contributed by atoms with Crippen molar-refractivity contribution in [3.63, 3.8) is 0 Å². The minimum absolute atomic E-state index is 0.264. The molecule has 1 rings (SSSR count). The number of hydrogen-bond acceptors (Lipinski definition) is 2. The summed E-state index contributed by atoms with van der Waals surface area (Å²) in [6.07, 6.45) is 1.38. The summed E-state index contributed by atoms with van der Waals surface area (Å²) in [6.45, 7) is 8.52. The lowest BCUT2D eigenvalue weighted by molar-refractivity contribution is 0.151. The number of aliphatic hydroxyl groups is 1. The highest BCUT2D eigenvalue weighted by molar-refractivity contribution is 7.10. The number of aliphatic hydroxyl groups excluding tert-OH is 1. The molecule has 0 aromatic carbocycles. The van der Waals surface area contributed by atoms with Gasteiger partial charge in [-0.1, -0.05) is 32.4 Å². The van der Waals surface area contributed by atoms with Gasteiger partial charge in [-0.2, -0.15) is 0 Å². The maximum absolute atomic E-state index is 10.0. The Morgan fingerprint density at radius 1 is 1.47 bits per heavy atom. The van der Waals surface area contributed by atoms with Crippen molar-refractivity contribution in [2.45, 2.75) is 46.6 Å². The first-order valence-corrected chi connectivity index (χ1v) is 6.48. The Morgan fingerprint density at radius 3 is 2.47 bits per heavy atom. The van der Waals surface area contributed by atoms with Crippen molar-refractivity contribution in [3.05, 3.63) is 20.8 Å². The summed E-state index contributed by atoms with van der Waals surface area (Å²) in [4.78, 5) is 0.915. The second kappa shape index (κ2) is 4.86. The van der Waals surface area contributed by atoms with Crippen LogP contribution in [0.4, 0.5) is 0 Å². The van der Waals surface area contributed by atoms with Crippen LogP contribution in [-0.4, -0.2) is 5.11 Å². The molecule has 0 bridgehead atoms. The van der Waals surface area contributed by atoms with Crippen molar-refractivity contribution in [3.8, 4) is 0 Å². The highest BCUT2D eigenvalue weighted by atomic mass is 35.5. The van der Waals surface area contributed by atoms with Crippen LogP contribution in [0.1, 0.15) is 50.2 Å². The Labute approximate surface area is 101 Å². The minimum Gasteiger partial charge on any atom is -0.388 e. The Bertz CT molecular complexity index is 325. The van der Waals surface area contributed by atoms with Crippen LogP contribution < -0.4 is 0 Å². The summed E-state index contributed by atoms with van der Waals surface area (Å²) in [5.41, 5.74) is 1.33. The predicted octanol–water partition coefficient (Wildman–Crippen LogP) is 4.57. The fraction of sp³-hybridized carbons (Fsp3) is 0.667. The van der Waals surface area contributed by atoms with Gasteiger partial charge in [-0.05, 0) is 36.1 Å². The van der Waals surface area contributed by atoms with E-state index in [0.29, 0.717) is 0 Å². The van der Waals surface area contributed by atoms with Crippen molar-refractivity contribution in [1.29, 1.82) is 0 Å². The highest BCUT2D eigenvalue weighted by Gasteiger charge is 2.18. The first-order valence-electron chi connectivity index (χ1n) is 5.23. The predicted molar refractivity (Wildman–Crippen MR) is 67.7 cm³/mol. The third kappa shape index (κ3) is 3.78. The van der Waals surface area contributed by atoms with Crippen LogP contribution in [0.15, 0.2) is 5.38 Å². The Kier molecular flexibility index (Phi) is 4.21. The van der Waals surface area contributed by atoms with E-state index < -0.39 is 6.10 Å². The van der Waals surface area contributed by atoms with Crippen molar-refractivity contribution < 1.29 is 5.11 Å². The third-order valence-corrected chi connectivity index (χ3v) is 4.21. The molecule has 0 amide bonds. The van der Waals surface area contributed by atoms with Gasteiger partial charge in [0.15, 0.2) is 0 Å². The van der Waals surface area contributed by atoms with E-state index in [1.54, 1.807) is 11.3 Å². The quantitative estimate of drug-likeness (QED) is 0.828. The SMILES string of the molecule is Cc1csc(C(O)CCC(C)(C)C)c1Cl. The van der Waals surface area contributed by atoms with Crippen LogP contribution in [0.25, 0.3) is 0 Å². The molecule has 0 aliphatic rings. The normalized spacial score (nSPS) is 14.3. The van der Waals surface area contributed by atoms with Gasteiger partial charge in [0.1, 0.15) is 0 Å². The number of halogens is 1. The molecule has 0 saturated heterocycles. The molecule has 0 aliphatic carbocycles. The lowest BCUT2D eigenvalue weighted by atomic mass is 9.89. The van der Waals surface area contributed by atoms with E-state index in [9.17, 15) is 5.11 Å². The first kappa shape index (κ1) is 13.0. The summed E-state index contributed by atoms with van der Waals surface area (Å²) >= 11 is 7.66. The zero-order valence-corrected chi connectivity index (χ0v) is 11.4. The van der Waals surface area contributed by atoms with E-state index in [4.69, 9.17) is 11.6 Å². The molecule has 0 radical (unpaired) electrons. The fourth-order valence-electron chi connectivity index (χ4n) is 1.38. The molecular weight excluding hydrogens is 228 g/mol. The van der Waals surface area contributed by atoms with Crippen LogP contribution in [-0.2, 0) is 0 Å². The van der Waals surface area contributed by atoms with Gasteiger partial charge in [0.25, 0.3) is 0 Å². The fourth-order valence-corrected chi connectivity index (χ4v) is 2.72. The van der Waals surface area contributed by atoms with Crippen LogP contribution >= 0.6 is 22.9 Å². The van der Waals surface area contributed by atoms with Crippen molar-refractivity contribution in [2.75, 3.05) is 0 Å². The summed E-state index contributed by atoms with van der Waals surface area (Å²) < 4.78 is 0. The maximum atomic E-state index is 10.0. The Morgan fingerprint density at radius 2 is 2.07 bits per heavy atom. The van der Waals surface area contributed by atoms with Crippen molar-refractivity contribution in [2.24, 2.45) is 5.41 Å². The Balaban J connectivity index is 2.62. The molecule has 0 spiro atoms. The summed E-state index contributed by atoms with van der Waals surface area (Å²) in [5, 5.41) is 12.7. The third-order valence-electron chi connectivity index (χ3n) is 2.40. The van der Waals surface area contributed by atoms with Crippen LogP contribution in [0.2, 0.25) is 5.02 Å². The number of hydrogen-bond donors (Lipinski definition) is 1. The molecule has 1 unspecified atom stereocenters. The average Bonchev–Trinajstić information content (AvgIpc) is 2.43. The van der Waals surface area contributed by atoms with Gasteiger partial charge >= 0.3 is 0 Å².